The maximum atomic E-state index is 11.4. The number of aromatic nitrogens is 1. The Morgan fingerprint density at radius 2 is 2.29 bits per heavy atom. The van der Waals surface area contributed by atoms with Crippen LogP contribution in [0.3, 0.4) is 0 Å². The van der Waals surface area contributed by atoms with Crippen molar-refractivity contribution >= 4 is 5.97 Å². The molecule has 0 atom stereocenters. The van der Waals surface area contributed by atoms with Crippen LogP contribution in [0.15, 0.2) is 18.3 Å². The molecule has 0 saturated carbocycles. The number of ether oxygens (including phenoxy) is 2. The van der Waals surface area contributed by atoms with Gasteiger partial charge in [0.25, 0.3) is 0 Å². The second-order valence-corrected chi connectivity index (χ2v) is 4.13. The average Bonchev–Trinajstić information content (AvgIpc) is 2.35. The zero-order chi connectivity index (χ0) is 12.9. The van der Waals surface area contributed by atoms with E-state index in [1.54, 1.807) is 26.0 Å². The zero-order valence-electron chi connectivity index (χ0n) is 10.1. The highest BCUT2D eigenvalue weighted by atomic mass is 16.5. The van der Waals surface area contributed by atoms with Gasteiger partial charge in [-0.2, -0.15) is 5.26 Å². The third kappa shape index (κ3) is 3.18. The van der Waals surface area contributed by atoms with E-state index >= 15 is 0 Å². The number of nitriles is 1. The highest BCUT2D eigenvalue weighted by Gasteiger charge is 2.30. The lowest BCUT2D eigenvalue weighted by Crippen LogP contribution is -2.32. The first-order valence-corrected chi connectivity index (χ1v) is 5.07. The molecule has 0 fully saturated rings. The van der Waals surface area contributed by atoms with Gasteiger partial charge in [0.2, 0.25) is 5.88 Å². The summed E-state index contributed by atoms with van der Waals surface area (Å²) < 4.78 is 10.0. The van der Waals surface area contributed by atoms with Gasteiger partial charge in [-0.05, 0) is 26.0 Å². The predicted molar refractivity (Wildman–Crippen MR) is 60.2 cm³/mol. The van der Waals surface area contributed by atoms with Crippen LogP contribution >= 0.6 is 0 Å². The van der Waals surface area contributed by atoms with Crippen molar-refractivity contribution in [2.75, 3.05) is 13.7 Å². The van der Waals surface area contributed by atoms with Crippen molar-refractivity contribution in [3.8, 4) is 11.9 Å². The minimum atomic E-state index is -0.779. The third-order valence-electron chi connectivity index (χ3n) is 2.20. The average molecular weight is 234 g/mol. The molecule has 0 amide bonds. The van der Waals surface area contributed by atoms with E-state index in [-0.39, 0.29) is 18.5 Å². The number of esters is 1. The summed E-state index contributed by atoms with van der Waals surface area (Å²) in [6.45, 7) is 3.51. The Morgan fingerprint density at radius 1 is 1.59 bits per heavy atom. The van der Waals surface area contributed by atoms with Crippen LogP contribution in [0.2, 0.25) is 0 Å². The van der Waals surface area contributed by atoms with Gasteiger partial charge in [0, 0.05) is 6.20 Å². The van der Waals surface area contributed by atoms with Crippen molar-refractivity contribution in [2.45, 2.75) is 13.8 Å². The van der Waals surface area contributed by atoms with Crippen molar-refractivity contribution in [3.05, 3.63) is 23.9 Å². The van der Waals surface area contributed by atoms with Gasteiger partial charge in [-0.25, -0.2) is 4.98 Å². The Balaban J connectivity index is 2.74. The summed E-state index contributed by atoms with van der Waals surface area (Å²) in [4.78, 5) is 15.4. The molecule has 0 aromatic carbocycles. The van der Waals surface area contributed by atoms with E-state index in [9.17, 15) is 4.79 Å². The minimum absolute atomic E-state index is 0.103. The van der Waals surface area contributed by atoms with E-state index in [0.717, 1.165) is 0 Å². The molecule has 5 heteroatoms. The lowest BCUT2D eigenvalue weighted by atomic mass is 9.95. The number of carbonyl (C=O) groups excluding carboxylic acids is 1. The molecular formula is C12H14N2O3. The van der Waals surface area contributed by atoms with E-state index in [4.69, 9.17) is 10.00 Å². The lowest BCUT2D eigenvalue weighted by Gasteiger charge is -2.21. The summed E-state index contributed by atoms with van der Waals surface area (Å²) in [5, 5.41) is 8.84. The number of carbonyl (C=O) groups is 1. The summed E-state index contributed by atoms with van der Waals surface area (Å²) >= 11 is 0. The second-order valence-electron chi connectivity index (χ2n) is 4.13. The number of pyridine rings is 1. The first-order valence-electron chi connectivity index (χ1n) is 5.07. The normalized spacial score (nSPS) is 10.5. The molecule has 1 aromatic heterocycles. The monoisotopic (exact) mass is 234 g/mol. The molecule has 1 aromatic rings. The molecule has 0 spiro atoms. The number of methoxy groups -OCH3 is 1. The molecule has 0 bridgehead atoms. The third-order valence-corrected chi connectivity index (χ3v) is 2.20. The first-order chi connectivity index (χ1) is 8.01. The maximum Gasteiger partial charge on any atom is 0.314 e. The highest BCUT2D eigenvalue weighted by Crippen LogP contribution is 2.20. The molecule has 0 aliphatic heterocycles. The van der Waals surface area contributed by atoms with Gasteiger partial charge in [0.05, 0.1) is 12.5 Å². The number of hydrogen-bond donors (Lipinski definition) is 0. The van der Waals surface area contributed by atoms with Crippen LogP contribution in [0.5, 0.6) is 5.88 Å². The molecule has 0 aliphatic rings. The Kier molecular flexibility index (Phi) is 4.05. The molecule has 0 unspecified atom stereocenters. The molecule has 90 valence electrons. The van der Waals surface area contributed by atoms with Crippen LogP contribution in [0.1, 0.15) is 19.4 Å². The van der Waals surface area contributed by atoms with Crippen molar-refractivity contribution in [1.82, 2.24) is 4.98 Å². The van der Waals surface area contributed by atoms with Gasteiger partial charge in [-0.3, -0.25) is 4.79 Å². The van der Waals surface area contributed by atoms with Crippen molar-refractivity contribution in [1.29, 1.82) is 5.26 Å². The SMILES string of the molecule is COC(=O)C(C)(C)COc1ncccc1C#N. The summed E-state index contributed by atoms with van der Waals surface area (Å²) in [6.07, 6.45) is 1.53. The Bertz CT molecular complexity index is 449. The largest absolute Gasteiger partial charge is 0.476 e. The van der Waals surface area contributed by atoms with E-state index in [1.807, 2.05) is 6.07 Å². The zero-order valence-corrected chi connectivity index (χ0v) is 10.1. The number of nitrogens with zero attached hydrogens (tertiary/aromatic N) is 2. The highest BCUT2D eigenvalue weighted by molar-refractivity contribution is 5.75. The second kappa shape index (κ2) is 5.30. The van der Waals surface area contributed by atoms with Gasteiger partial charge in [0.1, 0.15) is 18.2 Å². The Hall–Kier alpha value is -2.09. The fourth-order valence-electron chi connectivity index (χ4n) is 1.17. The fourth-order valence-corrected chi connectivity index (χ4v) is 1.17. The van der Waals surface area contributed by atoms with Gasteiger partial charge in [-0.1, -0.05) is 0 Å². The molecule has 0 saturated heterocycles. The van der Waals surface area contributed by atoms with Gasteiger partial charge < -0.3 is 9.47 Å². The van der Waals surface area contributed by atoms with Crippen molar-refractivity contribution in [2.24, 2.45) is 5.41 Å². The topological polar surface area (TPSA) is 72.2 Å². The first kappa shape index (κ1) is 13.0. The molecular weight excluding hydrogens is 220 g/mol. The van der Waals surface area contributed by atoms with Crippen molar-refractivity contribution in [3.63, 3.8) is 0 Å². The number of rotatable bonds is 4. The summed E-state index contributed by atoms with van der Waals surface area (Å²) in [5.74, 6) is -0.140. The molecule has 1 heterocycles. The molecule has 0 N–H and O–H groups in total. The summed E-state index contributed by atoms with van der Waals surface area (Å²) in [7, 11) is 1.32. The Labute approximate surface area is 100.0 Å². The summed E-state index contributed by atoms with van der Waals surface area (Å²) in [6, 6.07) is 5.23. The molecule has 1 rings (SSSR count). The number of hydrogen-bond acceptors (Lipinski definition) is 5. The standard InChI is InChI=1S/C12H14N2O3/c1-12(2,11(15)16-3)8-17-10-9(7-13)5-4-6-14-10/h4-6H,8H2,1-3H3. The van der Waals surface area contributed by atoms with E-state index in [2.05, 4.69) is 9.72 Å². The lowest BCUT2D eigenvalue weighted by molar-refractivity contribution is -0.152. The molecule has 17 heavy (non-hydrogen) atoms. The van der Waals surface area contributed by atoms with Crippen LogP contribution in [-0.2, 0) is 9.53 Å². The molecule has 0 aliphatic carbocycles. The smallest absolute Gasteiger partial charge is 0.314 e. The summed E-state index contributed by atoms with van der Waals surface area (Å²) in [5.41, 5.74) is -0.438. The maximum absolute atomic E-state index is 11.4. The van der Waals surface area contributed by atoms with Gasteiger partial charge in [-0.15, -0.1) is 0 Å². The van der Waals surface area contributed by atoms with Crippen LogP contribution in [0.4, 0.5) is 0 Å². The van der Waals surface area contributed by atoms with E-state index in [0.29, 0.717) is 5.56 Å². The van der Waals surface area contributed by atoms with Crippen LogP contribution in [-0.4, -0.2) is 24.7 Å². The van der Waals surface area contributed by atoms with Crippen molar-refractivity contribution < 1.29 is 14.3 Å². The molecule has 0 radical (unpaired) electrons. The van der Waals surface area contributed by atoms with Crippen LogP contribution < -0.4 is 4.74 Å². The van der Waals surface area contributed by atoms with E-state index in [1.165, 1.54) is 13.3 Å². The Morgan fingerprint density at radius 3 is 2.88 bits per heavy atom. The van der Waals surface area contributed by atoms with E-state index < -0.39 is 5.41 Å². The minimum Gasteiger partial charge on any atom is -0.476 e. The predicted octanol–water partition coefficient (Wildman–Crippen LogP) is 1.53. The molecule has 5 nitrogen and oxygen atoms in total. The van der Waals surface area contributed by atoms with Crippen LogP contribution in [0.25, 0.3) is 0 Å². The quantitative estimate of drug-likeness (QED) is 0.739. The fraction of sp³-hybridized carbons (Fsp3) is 0.417. The van der Waals surface area contributed by atoms with Gasteiger partial charge in [0.15, 0.2) is 0 Å². The van der Waals surface area contributed by atoms with Gasteiger partial charge >= 0.3 is 5.97 Å². The van der Waals surface area contributed by atoms with Crippen LogP contribution in [0, 0.1) is 16.7 Å².